The molecule has 0 bridgehead atoms. The lowest BCUT2D eigenvalue weighted by molar-refractivity contribution is -0.106. The van der Waals surface area contributed by atoms with Crippen LogP contribution in [0.25, 0.3) is 0 Å². The number of nitrogens with zero attached hydrogens (tertiary/aromatic N) is 1. The highest BCUT2D eigenvalue weighted by Gasteiger charge is 2.00. The van der Waals surface area contributed by atoms with Gasteiger partial charge in [-0.2, -0.15) is 0 Å². The molecule has 0 amide bonds. The van der Waals surface area contributed by atoms with Gasteiger partial charge in [0.25, 0.3) is 0 Å². The van der Waals surface area contributed by atoms with Gasteiger partial charge < -0.3 is 14.4 Å². The van der Waals surface area contributed by atoms with Crippen LogP contribution in [0, 0.1) is 0 Å². The Morgan fingerprint density at radius 2 is 1.75 bits per heavy atom. The Labute approximate surface area is 95.1 Å². The van der Waals surface area contributed by atoms with Crippen molar-refractivity contribution in [3.8, 4) is 11.5 Å². The van der Waals surface area contributed by atoms with Gasteiger partial charge >= 0.3 is 0 Å². The van der Waals surface area contributed by atoms with E-state index < -0.39 is 0 Å². The number of allylic oxidation sites excluding steroid dienone is 1. The lowest BCUT2D eigenvalue weighted by atomic mass is 10.3. The van der Waals surface area contributed by atoms with E-state index in [2.05, 4.69) is 0 Å². The molecule has 0 saturated heterocycles. The third kappa shape index (κ3) is 3.65. The van der Waals surface area contributed by atoms with E-state index >= 15 is 0 Å². The normalized spacial score (nSPS) is 10.8. The highest BCUT2D eigenvalue weighted by atomic mass is 16.5. The zero-order chi connectivity index (χ0) is 12.0. The first-order valence-electron chi connectivity index (χ1n) is 4.81. The molecule has 1 aromatic rings. The molecule has 1 rings (SSSR count). The Hall–Kier alpha value is -1.97. The summed E-state index contributed by atoms with van der Waals surface area (Å²) >= 11 is 0. The summed E-state index contributed by atoms with van der Waals surface area (Å²) in [6.07, 6.45) is 2.28. The summed E-state index contributed by atoms with van der Waals surface area (Å²) in [5, 5.41) is 0. The van der Waals surface area contributed by atoms with Crippen LogP contribution in [0.15, 0.2) is 36.2 Å². The number of carbonyl (C=O) groups is 1. The molecule has 16 heavy (non-hydrogen) atoms. The molecule has 0 spiro atoms. The standard InChI is InChI=1S/C12H15NO3/c1-13(2)8-12(9-14)16-11-6-4-10(15-3)5-7-11/h4-9H,1-3H3/b12-8-. The van der Waals surface area contributed by atoms with Crippen LogP contribution in [0.1, 0.15) is 0 Å². The average molecular weight is 221 g/mol. The van der Waals surface area contributed by atoms with E-state index in [0.717, 1.165) is 5.75 Å². The molecule has 0 unspecified atom stereocenters. The maximum Gasteiger partial charge on any atom is 0.186 e. The number of carbonyl (C=O) groups excluding carboxylic acids is 1. The van der Waals surface area contributed by atoms with E-state index in [9.17, 15) is 4.79 Å². The largest absolute Gasteiger partial charge is 0.497 e. The highest BCUT2D eigenvalue weighted by molar-refractivity contribution is 5.70. The van der Waals surface area contributed by atoms with E-state index in [1.54, 1.807) is 42.5 Å². The fourth-order valence-electron chi connectivity index (χ4n) is 1.12. The van der Waals surface area contributed by atoms with Crippen LogP contribution >= 0.6 is 0 Å². The van der Waals surface area contributed by atoms with Crippen molar-refractivity contribution >= 4 is 6.29 Å². The van der Waals surface area contributed by atoms with Gasteiger partial charge in [0.2, 0.25) is 0 Å². The minimum atomic E-state index is 0.259. The Balaban J connectivity index is 2.74. The highest BCUT2D eigenvalue weighted by Crippen LogP contribution is 2.18. The zero-order valence-electron chi connectivity index (χ0n) is 9.64. The van der Waals surface area contributed by atoms with Crippen LogP contribution in [0.5, 0.6) is 11.5 Å². The van der Waals surface area contributed by atoms with Crippen molar-refractivity contribution in [3.63, 3.8) is 0 Å². The number of benzene rings is 1. The predicted octanol–water partition coefficient (Wildman–Crippen LogP) is 1.68. The summed E-state index contributed by atoms with van der Waals surface area (Å²) < 4.78 is 10.4. The summed E-state index contributed by atoms with van der Waals surface area (Å²) in [5.41, 5.74) is 0. The lowest BCUT2D eigenvalue weighted by Gasteiger charge is -2.09. The summed E-state index contributed by atoms with van der Waals surface area (Å²) in [6, 6.07) is 7.03. The summed E-state index contributed by atoms with van der Waals surface area (Å²) in [5.74, 6) is 1.60. The zero-order valence-corrected chi connectivity index (χ0v) is 9.64. The van der Waals surface area contributed by atoms with E-state index in [0.29, 0.717) is 12.0 Å². The Morgan fingerprint density at radius 3 is 2.19 bits per heavy atom. The van der Waals surface area contributed by atoms with Crippen molar-refractivity contribution in [1.82, 2.24) is 4.90 Å². The molecule has 0 N–H and O–H groups in total. The van der Waals surface area contributed by atoms with Gasteiger partial charge in [-0.3, -0.25) is 4.79 Å². The number of aldehydes is 1. The lowest BCUT2D eigenvalue weighted by Crippen LogP contribution is -2.07. The van der Waals surface area contributed by atoms with Gasteiger partial charge in [0.05, 0.1) is 7.11 Å². The van der Waals surface area contributed by atoms with Gasteiger partial charge in [-0.15, -0.1) is 0 Å². The smallest absolute Gasteiger partial charge is 0.186 e. The van der Waals surface area contributed by atoms with Crippen molar-refractivity contribution in [3.05, 3.63) is 36.2 Å². The van der Waals surface area contributed by atoms with Gasteiger partial charge in [-0.05, 0) is 24.3 Å². The molecule has 0 aromatic heterocycles. The molecular weight excluding hydrogens is 206 g/mol. The molecular formula is C12H15NO3. The maximum absolute atomic E-state index is 10.7. The molecule has 86 valence electrons. The summed E-state index contributed by atoms with van der Waals surface area (Å²) in [7, 11) is 5.24. The van der Waals surface area contributed by atoms with E-state index in [-0.39, 0.29) is 5.76 Å². The number of methoxy groups -OCH3 is 1. The quantitative estimate of drug-likeness (QED) is 0.431. The van der Waals surface area contributed by atoms with Crippen LogP contribution in [0.4, 0.5) is 0 Å². The molecule has 0 aliphatic rings. The molecule has 1 aromatic carbocycles. The molecule has 0 radical (unpaired) electrons. The second kappa shape index (κ2) is 5.80. The Bertz CT molecular complexity index is 368. The second-order valence-electron chi connectivity index (χ2n) is 3.39. The first-order valence-corrected chi connectivity index (χ1v) is 4.81. The number of hydrogen-bond acceptors (Lipinski definition) is 4. The Kier molecular flexibility index (Phi) is 4.39. The van der Waals surface area contributed by atoms with E-state index in [4.69, 9.17) is 9.47 Å². The van der Waals surface area contributed by atoms with Crippen LogP contribution in [0.3, 0.4) is 0 Å². The minimum absolute atomic E-state index is 0.259. The second-order valence-corrected chi connectivity index (χ2v) is 3.39. The molecule has 0 aliphatic carbocycles. The number of rotatable bonds is 5. The van der Waals surface area contributed by atoms with Crippen molar-refractivity contribution in [2.24, 2.45) is 0 Å². The monoisotopic (exact) mass is 221 g/mol. The number of hydrogen-bond donors (Lipinski definition) is 0. The molecule has 0 heterocycles. The van der Waals surface area contributed by atoms with Crippen LogP contribution in [-0.4, -0.2) is 32.4 Å². The average Bonchev–Trinajstić information content (AvgIpc) is 2.28. The van der Waals surface area contributed by atoms with Crippen LogP contribution in [-0.2, 0) is 4.79 Å². The van der Waals surface area contributed by atoms with Gasteiger partial charge in [0, 0.05) is 20.3 Å². The fourth-order valence-corrected chi connectivity index (χ4v) is 1.12. The summed E-state index contributed by atoms with van der Waals surface area (Å²) in [4.78, 5) is 12.5. The van der Waals surface area contributed by atoms with Gasteiger partial charge in [0.15, 0.2) is 12.0 Å². The predicted molar refractivity (Wildman–Crippen MR) is 61.5 cm³/mol. The Morgan fingerprint density at radius 1 is 1.19 bits per heavy atom. The first-order chi connectivity index (χ1) is 7.65. The van der Waals surface area contributed by atoms with Crippen LogP contribution in [0.2, 0.25) is 0 Å². The van der Waals surface area contributed by atoms with Gasteiger partial charge in [-0.25, -0.2) is 0 Å². The SMILES string of the molecule is COc1ccc(O/C(C=O)=C\N(C)C)cc1. The molecule has 4 heteroatoms. The molecule has 0 fully saturated rings. The van der Waals surface area contributed by atoms with Crippen LogP contribution < -0.4 is 9.47 Å². The fraction of sp³-hybridized carbons (Fsp3) is 0.250. The van der Waals surface area contributed by atoms with Crippen molar-refractivity contribution < 1.29 is 14.3 Å². The van der Waals surface area contributed by atoms with Gasteiger partial charge in [-0.1, -0.05) is 0 Å². The maximum atomic E-state index is 10.7. The third-order valence-corrected chi connectivity index (χ3v) is 1.80. The first kappa shape index (κ1) is 12.1. The minimum Gasteiger partial charge on any atom is -0.497 e. The van der Waals surface area contributed by atoms with E-state index in [1.165, 1.54) is 0 Å². The topological polar surface area (TPSA) is 38.8 Å². The molecule has 0 atom stereocenters. The molecule has 0 saturated carbocycles. The summed E-state index contributed by atoms with van der Waals surface area (Å²) in [6.45, 7) is 0. The molecule has 0 aliphatic heterocycles. The third-order valence-electron chi connectivity index (χ3n) is 1.80. The van der Waals surface area contributed by atoms with Crippen molar-refractivity contribution in [2.75, 3.05) is 21.2 Å². The number of ether oxygens (including phenoxy) is 2. The van der Waals surface area contributed by atoms with Crippen molar-refractivity contribution in [1.29, 1.82) is 0 Å². The van der Waals surface area contributed by atoms with E-state index in [1.807, 2.05) is 14.1 Å². The van der Waals surface area contributed by atoms with Gasteiger partial charge in [0.1, 0.15) is 11.5 Å². The van der Waals surface area contributed by atoms with Crippen molar-refractivity contribution in [2.45, 2.75) is 0 Å². The molecule has 4 nitrogen and oxygen atoms in total.